The number of sulfonamides is 1. The summed E-state index contributed by atoms with van der Waals surface area (Å²) in [4.78, 5) is 2.50. The molecule has 0 unspecified atom stereocenters. The van der Waals surface area contributed by atoms with Gasteiger partial charge in [-0.1, -0.05) is 26.0 Å². The molecule has 0 amide bonds. The van der Waals surface area contributed by atoms with Gasteiger partial charge in [-0.15, -0.1) is 0 Å². The molecule has 0 bridgehead atoms. The maximum Gasteiger partial charge on any atom is 0.240 e. The summed E-state index contributed by atoms with van der Waals surface area (Å²) in [5.41, 5.74) is 1.25. The highest BCUT2D eigenvalue weighted by Crippen LogP contribution is 2.18. The van der Waals surface area contributed by atoms with Crippen LogP contribution in [-0.4, -0.2) is 44.6 Å². The molecule has 0 aliphatic heterocycles. The molecule has 5 nitrogen and oxygen atoms in total. The Hall–Kier alpha value is -0.950. The normalized spacial score (nSPS) is 12.0. The number of aliphatic hydroxyl groups excluding tert-OH is 1. The van der Waals surface area contributed by atoms with Crippen molar-refractivity contribution in [2.24, 2.45) is 0 Å². The fraction of sp³-hybridized carbons (Fsp3) is 0.600. The van der Waals surface area contributed by atoms with E-state index < -0.39 is 10.0 Å². The average molecular weight is 314 g/mol. The topological polar surface area (TPSA) is 69.6 Å². The second-order valence-corrected chi connectivity index (χ2v) is 6.71. The maximum atomic E-state index is 12.3. The Kier molecular flexibility index (Phi) is 7.31. The van der Waals surface area contributed by atoms with Gasteiger partial charge in [0.05, 0.1) is 11.5 Å². The standard InChI is InChI=1S/C15H26N2O3S/c1-4-17(5-2)11-7-10-16-21(19,20)15-9-6-8-14(12-18)13(15)3/h6,8-9,16,18H,4-5,7,10-12H2,1-3H3. The Morgan fingerprint density at radius 2 is 1.90 bits per heavy atom. The first-order chi connectivity index (χ1) is 9.96. The highest BCUT2D eigenvalue weighted by Gasteiger charge is 2.17. The van der Waals surface area contributed by atoms with E-state index in [2.05, 4.69) is 23.5 Å². The van der Waals surface area contributed by atoms with E-state index in [-0.39, 0.29) is 11.5 Å². The molecule has 2 N–H and O–H groups in total. The van der Waals surface area contributed by atoms with E-state index in [9.17, 15) is 13.5 Å². The van der Waals surface area contributed by atoms with Gasteiger partial charge in [0.2, 0.25) is 10.0 Å². The minimum atomic E-state index is -3.51. The summed E-state index contributed by atoms with van der Waals surface area (Å²) in [6, 6.07) is 4.96. The van der Waals surface area contributed by atoms with Crippen molar-refractivity contribution in [3.63, 3.8) is 0 Å². The lowest BCUT2D eigenvalue weighted by atomic mass is 10.1. The molecule has 6 heteroatoms. The lowest BCUT2D eigenvalue weighted by molar-refractivity contribution is 0.280. The van der Waals surface area contributed by atoms with E-state index in [0.717, 1.165) is 26.1 Å². The zero-order chi connectivity index (χ0) is 15.9. The van der Waals surface area contributed by atoms with Gasteiger partial charge < -0.3 is 10.0 Å². The second-order valence-electron chi connectivity index (χ2n) is 4.98. The molecule has 0 aliphatic carbocycles. The number of nitrogens with one attached hydrogen (secondary N) is 1. The van der Waals surface area contributed by atoms with Gasteiger partial charge in [-0.3, -0.25) is 0 Å². The third-order valence-electron chi connectivity index (χ3n) is 3.69. The second kappa shape index (κ2) is 8.48. The minimum Gasteiger partial charge on any atom is -0.392 e. The minimum absolute atomic E-state index is 0.156. The van der Waals surface area contributed by atoms with Crippen molar-refractivity contribution < 1.29 is 13.5 Å². The van der Waals surface area contributed by atoms with Crippen LogP contribution in [0.1, 0.15) is 31.4 Å². The van der Waals surface area contributed by atoms with Crippen LogP contribution in [-0.2, 0) is 16.6 Å². The Morgan fingerprint density at radius 1 is 1.24 bits per heavy atom. The molecule has 0 aromatic heterocycles. The fourth-order valence-electron chi connectivity index (χ4n) is 2.25. The quantitative estimate of drug-likeness (QED) is 0.678. The first-order valence-electron chi connectivity index (χ1n) is 7.37. The summed E-state index contributed by atoms with van der Waals surface area (Å²) in [5.74, 6) is 0. The number of hydrogen-bond donors (Lipinski definition) is 2. The summed E-state index contributed by atoms with van der Waals surface area (Å²) in [6.45, 7) is 9.00. The number of aliphatic hydroxyl groups is 1. The zero-order valence-corrected chi connectivity index (χ0v) is 13.9. The van der Waals surface area contributed by atoms with Crippen LogP contribution in [0.4, 0.5) is 0 Å². The van der Waals surface area contributed by atoms with Crippen molar-refractivity contribution in [1.82, 2.24) is 9.62 Å². The van der Waals surface area contributed by atoms with Crippen molar-refractivity contribution in [2.75, 3.05) is 26.2 Å². The van der Waals surface area contributed by atoms with Crippen molar-refractivity contribution >= 4 is 10.0 Å². The van der Waals surface area contributed by atoms with Gasteiger partial charge in [0, 0.05) is 6.54 Å². The van der Waals surface area contributed by atoms with E-state index in [1.165, 1.54) is 0 Å². The summed E-state index contributed by atoms with van der Waals surface area (Å²) < 4.78 is 27.2. The maximum absolute atomic E-state index is 12.3. The lowest BCUT2D eigenvalue weighted by Crippen LogP contribution is -2.30. The van der Waals surface area contributed by atoms with Gasteiger partial charge in [0.15, 0.2) is 0 Å². The highest BCUT2D eigenvalue weighted by atomic mass is 32.2. The molecule has 0 saturated heterocycles. The van der Waals surface area contributed by atoms with Crippen LogP contribution in [0, 0.1) is 6.92 Å². The van der Waals surface area contributed by atoms with Crippen LogP contribution in [0.5, 0.6) is 0 Å². The Balaban J connectivity index is 2.66. The molecular formula is C15H26N2O3S. The summed E-state index contributed by atoms with van der Waals surface area (Å²) >= 11 is 0. The van der Waals surface area contributed by atoms with Gasteiger partial charge in [-0.2, -0.15) is 0 Å². The van der Waals surface area contributed by atoms with Gasteiger partial charge in [0.25, 0.3) is 0 Å². The lowest BCUT2D eigenvalue weighted by Gasteiger charge is -2.18. The Labute approximate surface area is 128 Å². The average Bonchev–Trinajstić information content (AvgIpc) is 2.47. The SMILES string of the molecule is CCN(CC)CCCNS(=O)(=O)c1cccc(CO)c1C. The third-order valence-corrected chi connectivity index (χ3v) is 5.30. The first-order valence-corrected chi connectivity index (χ1v) is 8.85. The van der Waals surface area contributed by atoms with Crippen molar-refractivity contribution in [3.05, 3.63) is 29.3 Å². The molecule has 0 heterocycles. The fourth-order valence-corrected chi connectivity index (χ4v) is 3.61. The van der Waals surface area contributed by atoms with E-state index in [1.807, 2.05) is 0 Å². The van der Waals surface area contributed by atoms with Crippen LogP contribution in [0.15, 0.2) is 23.1 Å². The molecule has 120 valence electrons. The molecule has 0 radical (unpaired) electrons. The number of rotatable bonds is 9. The largest absolute Gasteiger partial charge is 0.392 e. The van der Waals surface area contributed by atoms with Gasteiger partial charge in [-0.25, -0.2) is 13.1 Å². The van der Waals surface area contributed by atoms with Crippen LogP contribution < -0.4 is 4.72 Å². The van der Waals surface area contributed by atoms with E-state index in [0.29, 0.717) is 17.7 Å². The smallest absolute Gasteiger partial charge is 0.240 e. The highest BCUT2D eigenvalue weighted by molar-refractivity contribution is 7.89. The van der Waals surface area contributed by atoms with Crippen molar-refractivity contribution in [3.8, 4) is 0 Å². The number of nitrogens with zero attached hydrogens (tertiary/aromatic N) is 1. The molecule has 1 aromatic rings. The predicted molar refractivity (Wildman–Crippen MR) is 84.7 cm³/mol. The molecule has 0 fully saturated rings. The van der Waals surface area contributed by atoms with Gasteiger partial charge in [-0.05, 0) is 50.2 Å². The Bertz CT molecular complexity index is 540. The number of hydrogen-bond acceptors (Lipinski definition) is 4. The van der Waals surface area contributed by atoms with Crippen LogP contribution in [0.25, 0.3) is 0 Å². The van der Waals surface area contributed by atoms with Gasteiger partial charge >= 0.3 is 0 Å². The van der Waals surface area contributed by atoms with E-state index in [4.69, 9.17) is 0 Å². The van der Waals surface area contributed by atoms with Crippen molar-refractivity contribution in [2.45, 2.75) is 38.7 Å². The van der Waals surface area contributed by atoms with Crippen LogP contribution in [0.2, 0.25) is 0 Å². The molecule has 0 saturated carbocycles. The summed E-state index contributed by atoms with van der Waals surface area (Å²) in [5, 5.41) is 9.22. The summed E-state index contributed by atoms with van der Waals surface area (Å²) in [7, 11) is -3.51. The molecule has 1 rings (SSSR count). The van der Waals surface area contributed by atoms with Gasteiger partial charge in [0.1, 0.15) is 0 Å². The van der Waals surface area contributed by atoms with E-state index in [1.54, 1.807) is 25.1 Å². The molecular weight excluding hydrogens is 288 g/mol. The predicted octanol–water partition coefficient (Wildman–Crippen LogP) is 1.50. The molecule has 1 aromatic carbocycles. The Morgan fingerprint density at radius 3 is 2.48 bits per heavy atom. The molecule has 0 aliphatic rings. The zero-order valence-electron chi connectivity index (χ0n) is 13.1. The van der Waals surface area contributed by atoms with Crippen LogP contribution >= 0.6 is 0 Å². The van der Waals surface area contributed by atoms with Crippen LogP contribution in [0.3, 0.4) is 0 Å². The molecule has 21 heavy (non-hydrogen) atoms. The third kappa shape index (κ3) is 5.07. The number of benzene rings is 1. The molecule has 0 spiro atoms. The first kappa shape index (κ1) is 18.1. The van der Waals surface area contributed by atoms with E-state index >= 15 is 0 Å². The summed E-state index contributed by atoms with van der Waals surface area (Å²) in [6.07, 6.45) is 0.777. The molecule has 0 atom stereocenters. The monoisotopic (exact) mass is 314 g/mol. The van der Waals surface area contributed by atoms with Crippen molar-refractivity contribution in [1.29, 1.82) is 0 Å².